The summed E-state index contributed by atoms with van der Waals surface area (Å²) in [6, 6.07) is 0. The second-order valence-corrected chi connectivity index (χ2v) is 8.72. The van der Waals surface area contributed by atoms with Gasteiger partial charge in [-0.25, -0.2) is 0 Å². The average Bonchev–Trinajstić information content (AvgIpc) is 2.59. The molecule has 0 unspecified atom stereocenters. The van der Waals surface area contributed by atoms with Gasteiger partial charge in [-0.05, 0) is 32.1 Å². The van der Waals surface area contributed by atoms with Crippen LogP contribution in [0.3, 0.4) is 0 Å². The summed E-state index contributed by atoms with van der Waals surface area (Å²) in [5.41, 5.74) is 0. The topological polar surface area (TPSA) is 52.6 Å². The minimum absolute atomic E-state index is 0.116. The Hall–Kier alpha value is -0.390. The summed E-state index contributed by atoms with van der Waals surface area (Å²) in [4.78, 5) is 0. The molecule has 0 fully saturated rings. The molecule has 0 amide bonds. The molecule has 0 N–H and O–H groups in total. The van der Waals surface area contributed by atoms with E-state index in [1.807, 2.05) is 0 Å². The van der Waals surface area contributed by atoms with Crippen molar-refractivity contribution >= 4 is 10.1 Å². The van der Waals surface area contributed by atoms with Gasteiger partial charge in [-0.3, -0.25) is 4.18 Å². The van der Waals surface area contributed by atoms with Gasteiger partial charge in [0, 0.05) is 6.61 Å². The van der Waals surface area contributed by atoms with Gasteiger partial charge in [-0.1, -0.05) is 76.9 Å². The third-order valence-electron chi connectivity index (χ3n) is 4.33. The summed E-state index contributed by atoms with van der Waals surface area (Å²) < 4.78 is 31.4. The van der Waals surface area contributed by atoms with Crippen molar-refractivity contribution in [3.8, 4) is 0 Å². The Kier molecular flexibility index (Phi) is 19.1. The van der Waals surface area contributed by atoms with E-state index in [-0.39, 0.29) is 6.61 Å². The van der Waals surface area contributed by atoms with Crippen LogP contribution in [0.15, 0.2) is 12.2 Å². The van der Waals surface area contributed by atoms with Crippen LogP contribution in [-0.2, 0) is 19.0 Å². The van der Waals surface area contributed by atoms with E-state index in [2.05, 4.69) is 23.3 Å². The van der Waals surface area contributed by atoms with Crippen molar-refractivity contribution in [2.75, 3.05) is 26.1 Å². The summed E-state index contributed by atoms with van der Waals surface area (Å²) in [6.45, 7) is 3.41. The van der Waals surface area contributed by atoms with E-state index in [9.17, 15) is 8.42 Å². The molecule has 0 heterocycles. The lowest BCUT2D eigenvalue weighted by molar-refractivity contribution is 0.0993. The van der Waals surface area contributed by atoms with Crippen LogP contribution in [0.2, 0.25) is 0 Å². The fraction of sp³-hybridized carbons (Fsp3) is 0.905. The van der Waals surface area contributed by atoms with Crippen molar-refractivity contribution in [1.29, 1.82) is 0 Å². The molecule has 0 bridgehead atoms. The predicted molar refractivity (Wildman–Crippen MR) is 111 cm³/mol. The quantitative estimate of drug-likeness (QED) is 0.145. The van der Waals surface area contributed by atoms with Crippen LogP contribution >= 0.6 is 0 Å². The highest BCUT2D eigenvalue weighted by molar-refractivity contribution is 7.85. The molecule has 0 saturated heterocycles. The van der Waals surface area contributed by atoms with Gasteiger partial charge >= 0.3 is 0 Å². The second kappa shape index (κ2) is 19.4. The number of rotatable bonds is 20. The number of ether oxygens (including phenoxy) is 1. The highest BCUT2D eigenvalue weighted by Gasteiger charge is 2.00. The smallest absolute Gasteiger partial charge is 0.264 e. The van der Waals surface area contributed by atoms with E-state index < -0.39 is 10.1 Å². The Morgan fingerprint density at radius 2 is 1.15 bits per heavy atom. The van der Waals surface area contributed by atoms with E-state index in [0.29, 0.717) is 13.2 Å². The van der Waals surface area contributed by atoms with Crippen LogP contribution in [-0.4, -0.2) is 34.5 Å². The molecular formula is C21H42O4S. The van der Waals surface area contributed by atoms with Crippen LogP contribution in [0, 0.1) is 0 Å². The van der Waals surface area contributed by atoms with Gasteiger partial charge in [0.2, 0.25) is 0 Å². The third kappa shape index (κ3) is 23.6. The predicted octanol–water partition coefficient (Wildman–Crippen LogP) is 6.02. The highest BCUT2D eigenvalue weighted by Crippen LogP contribution is 2.10. The number of hydrogen-bond donors (Lipinski definition) is 0. The van der Waals surface area contributed by atoms with E-state index in [4.69, 9.17) is 4.74 Å². The molecule has 0 atom stereocenters. The Balaban J connectivity index is 3.12. The van der Waals surface area contributed by atoms with Crippen molar-refractivity contribution in [3.05, 3.63) is 12.2 Å². The van der Waals surface area contributed by atoms with E-state index in [1.165, 1.54) is 83.5 Å². The van der Waals surface area contributed by atoms with Gasteiger partial charge in [-0.15, -0.1) is 0 Å². The van der Waals surface area contributed by atoms with E-state index in [1.54, 1.807) is 0 Å². The molecule has 4 nitrogen and oxygen atoms in total. The van der Waals surface area contributed by atoms with E-state index >= 15 is 0 Å². The molecule has 0 aromatic heterocycles. The van der Waals surface area contributed by atoms with Gasteiger partial charge in [0.15, 0.2) is 0 Å². The molecule has 0 aromatic rings. The lowest BCUT2D eigenvalue weighted by atomic mass is 10.1. The summed E-state index contributed by atoms with van der Waals surface area (Å²) in [5.74, 6) is 0. The Labute approximate surface area is 162 Å². The first-order chi connectivity index (χ1) is 12.6. The van der Waals surface area contributed by atoms with Crippen molar-refractivity contribution < 1.29 is 17.3 Å². The van der Waals surface area contributed by atoms with Gasteiger partial charge in [-0.2, -0.15) is 8.42 Å². The Bertz CT molecular complexity index is 404. The van der Waals surface area contributed by atoms with Gasteiger partial charge in [0.1, 0.15) is 0 Å². The zero-order valence-electron chi connectivity index (χ0n) is 17.2. The van der Waals surface area contributed by atoms with E-state index in [0.717, 1.165) is 12.7 Å². The maximum absolute atomic E-state index is 10.7. The van der Waals surface area contributed by atoms with Crippen LogP contribution in [0.25, 0.3) is 0 Å². The Morgan fingerprint density at radius 3 is 1.69 bits per heavy atom. The van der Waals surface area contributed by atoms with Gasteiger partial charge < -0.3 is 4.74 Å². The summed E-state index contributed by atoms with van der Waals surface area (Å²) in [7, 11) is -3.33. The maximum Gasteiger partial charge on any atom is 0.264 e. The molecule has 26 heavy (non-hydrogen) atoms. The molecule has 5 heteroatoms. The molecule has 0 aliphatic carbocycles. The SMILES string of the molecule is CCCCCCCC/C=C\CCCCCCCCOCCOS(C)(=O)=O. The summed E-state index contributed by atoms with van der Waals surface area (Å²) in [5, 5.41) is 0. The van der Waals surface area contributed by atoms with Crippen molar-refractivity contribution in [3.63, 3.8) is 0 Å². The summed E-state index contributed by atoms with van der Waals surface area (Å²) >= 11 is 0. The van der Waals surface area contributed by atoms with Crippen molar-refractivity contribution in [2.24, 2.45) is 0 Å². The third-order valence-corrected chi connectivity index (χ3v) is 4.92. The molecule has 0 aliphatic rings. The second-order valence-electron chi connectivity index (χ2n) is 7.08. The zero-order chi connectivity index (χ0) is 19.3. The van der Waals surface area contributed by atoms with Crippen LogP contribution < -0.4 is 0 Å². The van der Waals surface area contributed by atoms with Gasteiger partial charge in [0.05, 0.1) is 19.5 Å². The average molecular weight is 391 g/mol. The maximum atomic E-state index is 10.7. The van der Waals surface area contributed by atoms with Crippen LogP contribution in [0.1, 0.15) is 96.8 Å². The minimum Gasteiger partial charge on any atom is -0.379 e. The molecule has 0 rings (SSSR count). The Morgan fingerprint density at radius 1 is 0.654 bits per heavy atom. The standard InChI is InChI=1S/C21H42O4S/c1-3-4-5-6-7-8-9-10-11-12-13-14-15-16-17-18-19-24-20-21-25-26(2,22)23/h10-11H,3-9,12-21H2,1-2H3/b11-10-. The molecule has 156 valence electrons. The lowest BCUT2D eigenvalue weighted by Crippen LogP contribution is -2.10. The largest absolute Gasteiger partial charge is 0.379 e. The normalized spacial score (nSPS) is 12.2. The molecule has 0 radical (unpaired) electrons. The monoisotopic (exact) mass is 390 g/mol. The first kappa shape index (κ1) is 25.6. The van der Waals surface area contributed by atoms with Crippen LogP contribution in [0.4, 0.5) is 0 Å². The van der Waals surface area contributed by atoms with Crippen LogP contribution in [0.5, 0.6) is 0 Å². The summed E-state index contributed by atoms with van der Waals surface area (Å²) in [6.07, 6.45) is 23.9. The highest BCUT2D eigenvalue weighted by atomic mass is 32.2. The van der Waals surface area contributed by atoms with Crippen molar-refractivity contribution in [2.45, 2.75) is 96.8 Å². The lowest BCUT2D eigenvalue weighted by Gasteiger charge is -2.04. The van der Waals surface area contributed by atoms with Gasteiger partial charge in [0.25, 0.3) is 10.1 Å². The fourth-order valence-electron chi connectivity index (χ4n) is 2.80. The number of allylic oxidation sites excluding steroid dienone is 2. The van der Waals surface area contributed by atoms with Crippen molar-refractivity contribution in [1.82, 2.24) is 0 Å². The minimum atomic E-state index is -3.33. The fourth-order valence-corrected chi connectivity index (χ4v) is 3.17. The molecule has 0 aromatic carbocycles. The molecule has 0 aliphatic heterocycles. The number of hydrogen-bond acceptors (Lipinski definition) is 4. The molecule has 0 spiro atoms. The zero-order valence-corrected chi connectivity index (χ0v) is 18.0. The molecular weight excluding hydrogens is 348 g/mol. The first-order valence-electron chi connectivity index (χ1n) is 10.6. The molecule has 0 saturated carbocycles. The number of unbranched alkanes of at least 4 members (excludes halogenated alkanes) is 12. The first-order valence-corrected chi connectivity index (χ1v) is 12.4.